The highest BCUT2D eigenvalue weighted by Crippen LogP contribution is 2.29. The molecule has 18 heavy (non-hydrogen) atoms. The van der Waals surface area contributed by atoms with Crippen molar-refractivity contribution in [3.63, 3.8) is 0 Å². The summed E-state index contributed by atoms with van der Waals surface area (Å²) in [5.41, 5.74) is -1.35. The number of nitrogens with one attached hydrogen (secondary N) is 1. The van der Waals surface area contributed by atoms with Gasteiger partial charge in [0, 0.05) is 6.54 Å². The van der Waals surface area contributed by atoms with Crippen molar-refractivity contribution in [3.8, 4) is 11.5 Å². The van der Waals surface area contributed by atoms with Crippen LogP contribution in [-0.4, -0.2) is 47.1 Å². The van der Waals surface area contributed by atoms with Crippen molar-refractivity contribution >= 4 is 5.91 Å². The van der Waals surface area contributed by atoms with Crippen LogP contribution in [0.5, 0.6) is 11.5 Å². The fourth-order valence-electron chi connectivity index (χ4n) is 1.29. The molecule has 0 aromatic heterocycles. The molecule has 4 N–H and O–H groups in total. The molecule has 0 saturated heterocycles. The highest BCUT2D eigenvalue weighted by molar-refractivity contribution is 5.97. The molecule has 0 aliphatic heterocycles. The van der Waals surface area contributed by atoms with Gasteiger partial charge in [-0.25, -0.2) is 0 Å². The number of aliphatic hydroxyl groups excluding tert-OH is 1. The number of para-hydroxylation sites is 1. The molecule has 0 fully saturated rings. The van der Waals surface area contributed by atoms with Gasteiger partial charge in [-0.15, -0.1) is 0 Å². The Bertz CT molecular complexity index is 430. The Morgan fingerprint density at radius 2 is 2.17 bits per heavy atom. The highest BCUT2D eigenvalue weighted by atomic mass is 16.5. The first kappa shape index (κ1) is 14.3. The summed E-state index contributed by atoms with van der Waals surface area (Å²) in [6, 6.07) is 4.52. The van der Waals surface area contributed by atoms with Crippen molar-refractivity contribution in [2.24, 2.45) is 0 Å². The Morgan fingerprint density at radius 3 is 2.72 bits per heavy atom. The van der Waals surface area contributed by atoms with Gasteiger partial charge in [-0.3, -0.25) is 4.79 Å². The largest absolute Gasteiger partial charge is 0.504 e. The molecule has 0 heterocycles. The first-order chi connectivity index (χ1) is 8.41. The Balaban J connectivity index is 2.79. The lowest BCUT2D eigenvalue weighted by atomic mass is 10.1. The second-order valence-corrected chi connectivity index (χ2v) is 4.19. The van der Waals surface area contributed by atoms with Crippen molar-refractivity contribution in [1.82, 2.24) is 5.32 Å². The number of aromatic hydroxyl groups is 1. The van der Waals surface area contributed by atoms with Crippen molar-refractivity contribution in [2.75, 3.05) is 20.3 Å². The van der Waals surface area contributed by atoms with Crippen molar-refractivity contribution < 1.29 is 24.9 Å². The van der Waals surface area contributed by atoms with E-state index in [0.717, 1.165) is 0 Å². The monoisotopic (exact) mass is 255 g/mol. The lowest BCUT2D eigenvalue weighted by molar-refractivity contribution is 0.00317. The van der Waals surface area contributed by atoms with Crippen LogP contribution in [0.25, 0.3) is 0 Å². The molecular weight excluding hydrogens is 238 g/mol. The van der Waals surface area contributed by atoms with E-state index in [1.807, 2.05) is 0 Å². The van der Waals surface area contributed by atoms with Gasteiger partial charge in [0.2, 0.25) is 0 Å². The first-order valence-electron chi connectivity index (χ1n) is 5.38. The van der Waals surface area contributed by atoms with Crippen molar-refractivity contribution in [2.45, 2.75) is 12.5 Å². The zero-order chi connectivity index (χ0) is 13.8. The zero-order valence-electron chi connectivity index (χ0n) is 10.3. The Morgan fingerprint density at radius 1 is 1.50 bits per heavy atom. The second kappa shape index (κ2) is 5.70. The minimum absolute atomic E-state index is 0.0445. The predicted octanol–water partition coefficient (Wildman–Crippen LogP) is -0.126. The molecular formula is C12H17NO5. The molecule has 1 rings (SSSR count). The van der Waals surface area contributed by atoms with E-state index in [-0.39, 0.29) is 23.6 Å². The van der Waals surface area contributed by atoms with Crippen LogP contribution in [0, 0.1) is 0 Å². The van der Waals surface area contributed by atoms with Crippen LogP contribution in [0.15, 0.2) is 18.2 Å². The van der Waals surface area contributed by atoms with Crippen LogP contribution in [0.3, 0.4) is 0 Å². The third-order valence-electron chi connectivity index (χ3n) is 2.43. The summed E-state index contributed by atoms with van der Waals surface area (Å²) in [4.78, 5) is 11.8. The zero-order valence-corrected chi connectivity index (χ0v) is 10.3. The van der Waals surface area contributed by atoms with Crippen LogP contribution >= 0.6 is 0 Å². The molecule has 1 atom stereocenters. The molecule has 1 amide bonds. The molecule has 0 radical (unpaired) electrons. The minimum atomic E-state index is -1.40. The number of aliphatic hydroxyl groups is 2. The molecule has 1 unspecified atom stereocenters. The standard InChI is InChI=1S/C12H17NO5/c1-12(17,7-14)6-13-11(16)8-4-3-5-9(18-2)10(8)15/h3-5,14-15,17H,6-7H2,1-2H3,(H,13,16). The maximum Gasteiger partial charge on any atom is 0.255 e. The van der Waals surface area contributed by atoms with E-state index in [1.165, 1.54) is 26.2 Å². The number of amides is 1. The van der Waals surface area contributed by atoms with E-state index in [2.05, 4.69) is 5.32 Å². The normalized spacial score (nSPS) is 13.8. The molecule has 1 aromatic carbocycles. The summed E-state index contributed by atoms with van der Waals surface area (Å²) in [5.74, 6) is -0.627. The van der Waals surface area contributed by atoms with Crippen LogP contribution < -0.4 is 10.1 Å². The second-order valence-electron chi connectivity index (χ2n) is 4.19. The summed E-state index contributed by atoms with van der Waals surface area (Å²) >= 11 is 0. The number of ether oxygens (including phenoxy) is 1. The number of phenolic OH excluding ortho intramolecular Hbond substituents is 1. The molecule has 0 aliphatic rings. The van der Waals surface area contributed by atoms with E-state index in [9.17, 15) is 15.0 Å². The summed E-state index contributed by atoms with van der Waals surface area (Å²) < 4.78 is 4.88. The van der Waals surface area contributed by atoms with Gasteiger partial charge in [0.25, 0.3) is 5.91 Å². The fraction of sp³-hybridized carbons (Fsp3) is 0.417. The summed E-state index contributed by atoms with van der Waals surface area (Å²) in [7, 11) is 1.38. The van der Waals surface area contributed by atoms with E-state index >= 15 is 0 Å². The molecule has 100 valence electrons. The van der Waals surface area contributed by atoms with Crippen LogP contribution in [0.1, 0.15) is 17.3 Å². The summed E-state index contributed by atoms with van der Waals surface area (Å²) in [6.45, 7) is 0.787. The molecule has 6 nitrogen and oxygen atoms in total. The quantitative estimate of drug-likeness (QED) is 0.587. The van der Waals surface area contributed by atoms with Gasteiger partial charge in [-0.05, 0) is 19.1 Å². The summed E-state index contributed by atoms with van der Waals surface area (Å²) in [6.07, 6.45) is 0. The van der Waals surface area contributed by atoms with Gasteiger partial charge in [0.05, 0.1) is 19.3 Å². The maximum absolute atomic E-state index is 11.8. The first-order valence-corrected chi connectivity index (χ1v) is 5.38. The van der Waals surface area contributed by atoms with Gasteiger partial charge >= 0.3 is 0 Å². The van der Waals surface area contributed by atoms with E-state index in [0.29, 0.717) is 0 Å². The number of hydrogen-bond donors (Lipinski definition) is 4. The lowest BCUT2D eigenvalue weighted by Gasteiger charge is -2.20. The van der Waals surface area contributed by atoms with E-state index < -0.39 is 18.1 Å². The summed E-state index contributed by atoms with van der Waals surface area (Å²) in [5, 5.41) is 30.5. The molecule has 0 aliphatic carbocycles. The Kier molecular flexibility index (Phi) is 4.52. The molecule has 1 aromatic rings. The molecule has 6 heteroatoms. The predicted molar refractivity (Wildman–Crippen MR) is 64.7 cm³/mol. The average molecular weight is 255 g/mol. The third kappa shape index (κ3) is 3.35. The lowest BCUT2D eigenvalue weighted by Crippen LogP contribution is -2.43. The van der Waals surface area contributed by atoms with E-state index in [4.69, 9.17) is 9.84 Å². The smallest absolute Gasteiger partial charge is 0.255 e. The van der Waals surface area contributed by atoms with Crippen molar-refractivity contribution in [1.29, 1.82) is 0 Å². The Labute approximate surface area is 105 Å². The molecule has 0 saturated carbocycles. The number of benzene rings is 1. The Hall–Kier alpha value is -1.79. The van der Waals surface area contributed by atoms with Crippen molar-refractivity contribution in [3.05, 3.63) is 23.8 Å². The maximum atomic E-state index is 11.8. The number of phenols is 1. The number of carbonyl (C=O) groups excluding carboxylic acids is 1. The molecule has 0 bridgehead atoms. The number of carbonyl (C=O) groups is 1. The van der Waals surface area contributed by atoms with Crippen LogP contribution in [0.2, 0.25) is 0 Å². The number of rotatable bonds is 5. The van der Waals surface area contributed by atoms with E-state index in [1.54, 1.807) is 6.07 Å². The van der Waals surface area contributed by atoms with Gasteiger partial charge in [0.15, 0.2) is 11.5 Å². The van der Waals surface area contributed by atoms with Gasteiger partial charge in [-0.2, -0.15) is 0 Å². The number of methoxy groups -OCH3 is 1. The number of hydrogen-bond acceptors (Lipinski definition) is 5. The SMILES string of the molecule is COc1cccc(C(=O)NCC(C)(O)CO)c1O. The third-order valence-corrected chi connectivity index (χ3v) is 2.43. The van der Waals surface area contributed by atoms with Crippen LogP contribution in [0.4, 0.5) is 0 Å². The average Bonchev–Trinajstić information content (AvgIpc) is 2.36. The fourth-order valence-corrected chi connectivity index (χ4v) is 1.29. The van der Waals surface area contributed by atoms with Gasteiger partial charge < -0.3 is 25.4 Å². The van der Waals surface area contributed by atoms with Crippen LogP contribution in [-0.2, 0) is 0 Å². The van der Waals surface area contributed by atoms with Gasteiger partial charge in [0.1, 0.15) is 5.60 Å². The topological polar surface area (TPSA) is 99.0 Å². The minimum Gasteiger partial charge on any atom is -0.504 e. The molecule has 0 spiro atoms. The van der Waals surface area contributed by atoms with Gasteiger partial charge in [-0.1, -0.05) is 6.07 Å². The highest BCUT2D eigenvalue weighted by Gasteiger charge is 2.21.